The zero-order valence-electron chi connectivity index (χ0n) is 11.7. The van der Waals surface area contributed by atoms with Gasteiger partial charge in [-0.2, -0.15) is 21.6 Å². The summed E-state index contributed by atoms with van der Waals surface area (Å²) in [5.74, 6) is 0. The Labute approximate surface area is 123 Å². The van der Waals surface area contributed by atoms with E-state index in [0.717, 1.165) is 0 Å². The molecule has 0 fully saturated rings. The van der Waals surface area contributed by atoms with Crippen LogP contribution in [0.4, 0.5) is 13.2 Å². The Kier molecular flexibility index (Phi) is 7.29. The minimum Gasteiger partial charge on any atom is -0.420 e. The number of rotatable bonds is 9. The Morgan fingerprint density at radius 2 is 1.62 bits per heavy atom. The van der Waals surface area contributed by atoms with Crippen molar-refractivity contribution in [2.75, 3.05) is 13.7 Å². The van der Waals surface area contributed by atoms with Gasteiger partial charge in [0.05, 0.1) is 6.61 Å². The summed E-state index contributed by atoms with van der Waals surface area (Å²) in [5, 5.41) is 0. The first-order valence-corrected chi connectivity index (χ1v) is 11.8. The van der Waals surface area contributed by atoms with Crippen molar-refractivity contribution in [3.8, 4) is 0 Å². The van der Waals surface area contributed by atoms with Crippen molar-refractivity contribution in [3.63, 3.8) is 0 Å². The lowest BCUT2D eigenvalue weighted by Crippen LogP contribution is -2.41. The minimum atomic E-state index is -6.00. The maximum absolute atomic E-state index is 12.0. The summed E-state index contributed by atoms with van der Waals surface area (Å²) in [7, 11) is -11.3. The molecule has 0 amide bonds. The summed E-state index contributed by atoms with van der Waals surface area (Å²) in [6, 6.07) is 0.710. The fourth-order valence-electron chi connectivity index (χ4n) is 1.13. The van der Waals surface area contributed by atoms with Crippen molar-refractivity contribution in [2.24, 2.45) is 0 Å². The molecular weight excluding hydrogens is 355 g/mol. The maximum Gasteiger partial charge on any atom is 0.512 e. The fourth-order valence-corrected chi connectivity index (χ4v) is 4.42. The lowest BCUT2D eigenvalue weighted by Gasteiger charge is -2.19. The van der Waals surface area contributed by atoms with E-state index in [1.807, 2.05) is 13.1 Å². The Hall–Kier alpha value is -0.213. The summed E-state index contributed by atoms with van der Waals surface area (Å²) >= 11 is 0. The highest BCUT2D eigenvalue weighted by Crippen LogP contribution is 2.22. The van der Waals surface area contributed by atoms with Crippen LogP contribution in [0.15, 0.2) is 0 Å². The molecule has 0 rings (SSSR count). The standard InChI is InChI=1S/C8H18F3NO6S2Si/c1-17-21(2,3)7-5-4-6-18-20(15,16)12-19(13,14)8(9,10)11/h12H,4-7H2,1-3H3. The van der Waals surface area contributed by atoms with Crippen molar-refractivity contribution >= 4 is 28.6 Å². The van der Waals surface area contributed by atoms with E-state index in [0.29, 0.717) is 16.6 Å². The van der Waals surface area contributed by atoms with Crippen LogP contribution in [0, 0.1) is 0 Å². The quantitative estimate of drug-likeness (QED) is 0.483. The average molecular weight is 373 g/mol. The molecule has 0 heterocycles. The molecule has 128 valence electrons. The van der Waals surface area contributed by atoms with Gasteiger partial charge in [-0.15, -0.1) is 0 Å². The van der Waals surface area contributed by atoms with Crippen LogP contribution in [0.2, 0.25) is 19.1 Å². The van der Waals surface area contributed by atoms with Crippen LogP contribution in [0.1, 0.15) is 12.8 Å². The van der Waals surface area contributed by atoms with Gasteiger partial charge in [0, 0.05) is 7.11 Å². The van der Waals surface area contributed by atoms with Gasteiger partial charge in [-0.3, -0.25) is 4.18 Å². The Bertz CT molecular complexity index is 531. The predicted molar refractivity (Wildman–Crippen MR) is 71.5 cm³/mol. The van der Waals surface area contributed by atoms with E-state index < -0.39 is 40.8 Å². The maximum atomic E-state index is 12.0. The Balaban J connectivity index is 4.29. The molecule has 0 aliphatic rings. The van der Waals surface area contributed by atoms with E-state index >= 15 is 0 Å². The molecule has 0 spiro atoms. The second-order valence-corrected chi connectivity index (χ2v) is 12.4. The van der Waals surface area contributed by atoms with E-state index in [2.05, 4.69) is 4.18 Å². The van der Waals surface area contributed by atoms with Crippen molar-refractivity contribution in [3.05, 3.63) is 0 Å². The van der Waals surface area contributed by atoms with E-state index in [1.54, 1.807) is 7.11 Å². The van der Waals surface area contributed by atoms with Gasteiger partial charge in [0.15, 0.2) is 8.32 Å². The normalized spacial score (nSPS) is 14.4. The van der Waals surface area contributed by atoms with Gasteiger partial charge in [0.2, 0.25) is 0 Å². The molecule has 0 radical (unpaired) electrons. The monoisotopic (exact) mass is 373 g/mol. The smallest absolute Gasteiger partial charge is 0.420 e. The third kappa shape index (κ3) is 8.11. The molecule has 0 saturated carbocycles. The largest absolute Gasteiger partial charge is 0.512 e. The molecular formula is C8H18F3NO6S2Si. The SMILES string of the molecule is CO[Si](C)(C)CCCCOS(=O)(=O)NS(=O)(=O)C(F)(F)F. The molecule has 1 N–H and O–H groups in total. The van der Waals surface area contributed by atoms with Crippen molar-refractivity contribution in [1.82, 2.24) is 4.13 Å². The second-order valence-electron chi connectivity index (χ2n) is 4.73. The van der Waals surface area contributed by atoms with Gasteiger partial charge in [0.1, 0.15) is 0 Å². The number of sulfonamides is 1. The highest BCUT2D eigenvalue weighted by atomic mass is 32.3. The van der Waals surface area contributed by atoms with Gasteiger partial charge < -0.3 is 4.43 Å². The van der Waals surface area contributed by atoms with Crippen molar-refractivity contribution in [1.29, 1.82) is 0 Å². The minimum absolute atomic E-state index is 0.243. The highest BCUT2D eigenvalue weighted by Gasteiger charge is 2.48. The van der Waals surface area contributed by atoms with Gasteiger partial charge in [-0.05, 0) is 25.6 Å². The molecule has 21 heavy (non-hydrogen) atoms. The van der Waals surface area contributed by atoms with Crippen molar-refractivity contribution < 1.29 is 38.6 Å². The Morgan fingerprint density at radius 3 is 2.05 bits per heavy atom. The lowest BCUT2D eigenvalue weighted by atomic mass is 10.4. The van der Waals surface area contributed by atoms with Gasteiger partial charge in [-0.1, -0.05) is 10.5 Å². The van der Waals surface area contributed by atoms with Crippen LogP contribution in [0.3, 0.4) is 0 Å². The molecule has 0 aromatic rings. The molecule has 0 unspecified atom stereocenters. The van der Waals surface area contributed by atoms with Gasteiger partial charge in [-0.25, -0.2) is 8.42 Å². The molecule has 0 aromatic carbocycles. The summed E-state index contributed by atoms with van der Waals surface area (Å²) in [5.41, 5.74) is -5.72. The number of nitrogens with one attached hydrogen (secondary N) is 1. The van der Waals surface area contributed by atoms with Crippen LogP contribution in [-0.4, -0.2) is 44.4 Å². The number of hydrogen-bond acceptors (Lipinski definition) is 6. The van der Waals surface area contributed by atoms with Crippen LogP contribution >= 0.6 is 0 Å². The van der Waals surface area contributed by atoms with Crippen molar-refractivity contribution in [2.45, 2.75) is 37.5 Å². The van der Waals surface area contributed by atoms with E-state index in [1.165, 1.54) is 0 Å². The lowest BCUT2D eigenvalue weighted by molar-refractivity contribution is -0.0442. The zero-order chi connectivity index (χ0) is 16.9. The van der Waals surface area contributed by atoms with Gasteiger partial charge >= 0.3 is 25.8 Å². The van der Waals surface area contributed by atoms with Crippen LogP contribution in [0.25, 0.3) is 0 Å². The van der Waals surface area contributed by atoms with E-state index in [-0.39, 0.29) is 6.42 Å². The summed E-state index contributed by atoms with van der Waals surface area (Å²) in [4.78, 5) is 0. The zero-order valence-corrected chi connectivity index (χ0v) is 14.4. The molecule has 0 aromatic heterocycles. The number of halogens is 3. The molecule has 0 bridgehead atoms. The first kappa shape index (κ1) is 20.8. The molecule has 0 atom stereocenters. The number of hydrogen-bond donors (Lipinski definition) is 1. The molecule has 7 nitrogen and oxygen atoms in total. The fraction of sp³-hybridized carbons (Fsp3) is 1.00. The van der Waals surface area contributed by atoms with Gasteiger partial charge in [0.25, 0.3) is 0 Å². The molecule has 0 aliphatic carbocycles. The molecule has 0 aliphatic heterocycles. The average Bonchev–Trinajstić information content (AvgIpc) is 2.25. The highest BCUT2D eigenvalue weighted by molar-refractivity contribution is 8.03. The predicted octanol–water partition coefficient (Wildman–Crippen LogP) is 1.32. The van der Waals surface area contributed by atoms with Crippen LogP contribution in [0.5, 0.6) is 0 Å². The first-order chi connectivity index (χ1) is 9.22. The molecule has 0 saturated heterocycles. The van der Waals surface area contributed by atoms with E-state index in [4.69, 9.17) is 4.43 Å². The summed E-state index contributed by atoms with van der Waals surface area (Å²) < 4.78 is 89.3. The first-order valence-electron chi connectivity index (χ1n) is 5.77. The topological polar surface area (TPSA) is 98.8 Å². The number of unbranched alkanes of at least 4 members (excludes halogenated alkanes) is 1. The third-order valence-electron chi connectivity index (χ3n) is 2.48. The van der Waals surface area contributed by atoms with Crippen LogP contribution < -0.4 is 4.13 Å². The van der Waals surface area contributed by atoms with Crippen LogP contribution in [-0.2, 0) is 28.9 Å². The second kappa shape index (κ2) is 7.37. The summed E-state index contributed by atoms with van der Waals surface area (Å²) in [6.07, 6.45) is 0.793. The number of alkyl halides is 3. The third-order valence-corrected chi connectivity index (χ3v) is 7.92. The Morgan fingerprint density at radius 1 is 1.10 bits per heavy atom. The molecule has 13 heteroatoms. The summed E-state index contributed by atoms with van der Waals surface area (Å²) in [6.45, 7) is 3.47. The van der Waals surface area contributed by atoms with E-state index in [9.17, 15) is 30.0 Å².